The fraction of sp³-hybridized carbons (Fsp3) is 0.231. The van der Waals surface area contributed by atoms with Gasteiger partial charge < -0.3 is 23.4 Å². The van der Waals surface area contributed by atoms with Crippen molar-refractivity contribution >= 4 is 28.4 Å². The lowest BCUT2D eigenvalue weighted by Crippen LogP contribution is -2.15. The summed E-state index contributed by atoms with van der Waals surface area (Å²) in [6.07, 6.45) is -4.47. The molecule has 13 nitrogen and oxygen atoms in total. The van der Waals surface area contributed by atoms with E-state index in [0.29, 0.717) is 11.9 Å². The van der Waals surface area contributed by atoms with Crippen molar-refractivity contribution in [1.29, 1.82) is 0 Å². The van der Waals surface area contributed by atoms with Gasteiger partial charge in [-0.05, 0) is 25.1 Å². The maximum atomic E-state index is 13.3. The number of carbonyl (C=O) groups is 1. The van der Waals surface area contributed by atoms with Gasteiger partial charge in [0.15, 0.2) is 11.5 Å². The average molecular weight is 590 g/mol. The highest BCUT2D eigenvalue weighted by molar-refractivity contribution is 5.90. The van der Waals surface area contributed by atoms with Crippen LogP contribution in [0.25, 0.3) is 11.0 Å². The Bertz CT molecular complexity index is 1720. The second-order valence-corrected chi connectivity index (χ2v) is 8.52. The van der Waals surface area contributed by atoms with Gasteiger partial charge in [-0.15, -0.1) is 0 Å². The normalized spacial score (nSPS) is 11.2. The molecule has 220 valence electrons. The van der Waals surface area contributed by atoms with Gasteiger partial charge in [-0.2, -0.15) is 18.2 Å². The number of nitro benzene ring substituents is 1. The van der Waals surface area contributed by atoms with Gasteiger partial charge in [0.25, 0.3) is 5.69 Å². The third-order valence-electron chi connectivity index (χ3n) is 5.75. The summed E-state index contributed by atoms with van der Waals surface area (Å²) in [5.41, 5.74) is -2.71. The number of nitrogens with one attached hydrogen (secondary N) is 1. The van der Waals surface area contributed by atoms with Crippen LogP contribution in [0, 0.1) is 17.0 Å². The van der Waals surface area contributed by atoms with Crippen molar-refractivity contribution in [2.24, 2.45) is 0 Å². The number of hydrogen-bond acceptors (Lipinski definition) is 11. The molecule has 2 heterocycles. The van der Waals surface area contributed by atoms with Crippen molar-refractivity contribution in [2.45, 2.75) is 26.3 Å². The molecular formula is C26H21F3N4O9. The second-order valence-electron chi connectivity index (χ2n) is 8.52. The molecule has 4 rings (SSSR count). The number of ether oxygens (including phenoxy) is 4. The molecule has 0 saturated carbocycles. The van der Waals surface area contributed by atoms with Gasteiger partial charge in [0, 0.05) is 29.4 Å². The van der Waals surface area contributed by atoms with Gasteiger partial charge in [0.2, 0.25) is 5.88 Å². The van der Waals surface area contributed by atoms with Crippen molar-refractivity contribution in [3.8, 4) is 17.4 Å². The van der Waals surface area contributed by atoms with Crippen molar-refractivity contribution in [1.82, 2.24) is 9.97 Å². The molecule has 0 aliphatic heterocycles. The minimum Gasteiger partial charge on any atom is -0.493 e. The molecule has 0 aliphatic rings. The Morgan fingerprint density at radius 3 is 2.45 bits per heavy atom. The van der Waals surface area contributed by atoms with Crippen LogP contribution in [0.15, 0.2) is 51.8 Å². The summed E-state index contributed by atoms with van der Waals surface area (Å²) in [5.74, 6) is 0.672. The average Bonchev–Trinajstić information content (AvgIpc) is 2.93. The van der Waals surface area contributed by atoms with Crippen LogP contribution in [0.5, 0.6) is 17.4 Å². The zero-order chi connectivity index (χ0) is 30.6. The molecule has 42 heavy (non-hydrogen) atoms. The van der Waals surface area contributed by atoms with Gasteiger partial charge in [-0.25, -0.2) is 14.6 Å². The second kappa shape index (κ2) is 12.0. The number of anilines is 1. The monoisotopic (exact) mass is 590 g/mol. The SMILES string of the molecule is COc1cc(COc2nc(C)ncc2COC(=O)Nc2ccc3c(C(F)(F)F)cc(=O)oc3c2)c([N+](=O)[O-])cc1OC. The molecule has 0 unspecified atom stereocenters. The van der Waals surface area contributed by atoms with E-state index in [1.807, 2.05) is 0 Å². The van der Waals surface area contributed by atoms with Gasteiger partial charge >= 0.3 is 17.9 Å². The standard InChI is InChI=1S/C26H21F3N4O9/c1-13-30-10-15(24(31-13)40-11-14-6-21(38-2)22(39-3)9-19(14)33(36)37)12-41-25(35)32-16-4-5-17-18(26(27,28)29)8-23(34)42-20(17)7-16/h4-10H,11-12H2,1-3H3,(H,32,35). The molecule has 0 fully saturated rings. The first-order chi connectivity index (χ1) is 19.9. The summed E-state index contributed by atoms with van der Waals surface area (Å²) >= 11 is 0. The van der Waals surface area contributed by atoms with Crippen LogP contribution in [0.3, 0.4) is 0 Å². The lowest BCUT2D eigenvalue weighted by Gasteiger charge is -2.14. The lowest BCUT2D eigenvalue weighted by atomic mass is 10.1. The van der Waals surface area contributed by atoms with E-state index >= 15 is 0 Å². The van der Waals surface area contributed by atoms with Gasteiger partial charge in [-0.1, -0.05) is 0 Å². The number of halogens is 3. The fourth-order valence-electron chi connectivity index (χ4n) is 3.81. The fourth-order valence-corrected chi connectivity index (χ4v) is 3.81. The molecule has 2 aromatic heterocycles. The van der Waals surface area contributed by atoms with Crippen LogP contribution in [0.2, 0.25) is 0 Å². The van der Waals surface area contributed by atoms with E-state index in [0.717, 1.165) is 12.1 Å². The molecule has 0 atom stereocenters. The highest BCUT2D eigenvalue weighted by Gasteiger charge is 2.34. The predicted octanol–water partition coefficient (Wildman–Crippen LogP) is 5.16. The van der Waals surface area contributed by atoms with Crippen molar-refractivity contribution in [2.75, 3.05) is 19.5 Å². The number of rotatable bonds is 9. The summed E-state index contributed by atoms with van der Waals surface area (Å²) in [5, 5.41) is 13.6. The summed E-state index contributed by atoms with van der Waals surface area (Å²) in [6, 6.07) is 6.20. The number of amides is 1. The molecule has 0 radical (unpaired) electrons. The molecule has 0 bridgehead atoms. The maximum Gasteiger partial charge on any atom is 0.417 e. The van der Waals surface area contributed by atoms with E-state index < -0.39 is 35.0 Å². The van der Waals surface area contributed by atoms with Gasteiger partial charge in [0.05, 0.1) is 41.9 Å². The van der Waals surface area contributed by atoms with Gasteiger partial charge in [0.1, 0.15) is 24.6 Å². The van der Waals surface area contributed by atoms with Crippen LogP contribution in [-0.4, -0.2) is 35.2 Å². The highest BCUT2D eigenvalue weighted by atomic mass is 19.4. The molecule has 1 N–H and O–H groups in total. The van der Waals surface area contributed by atoms with Crippen LogP contribution >= 0.6 is 0 Å². The quantitative estimate of drug-likeness (QED) is 0.155. The number of nitrogens with zero attached hydrogens (tertiary/aromatic N) is 3. The number of nitro groups is 1. The molecule has 0 aliphatic carbocycles. The molecule has 2 aromatic carbocycles. The largest absolute Gasteiger partial charge is 0.493 e. The number of benzene rings is 2. The summed E-state index contributed by atoms with van der Waals surface area (Å²) in [6.45, 7) is 0.857. The first-order valence-electron chi connectivity index (χ1n) is 11.8. The zero-order valence-corrected chi connectivity index (χ0v) is 22.1. The number of carbonyl (C=O) groups excluding carboxylic acids is 1. The Morgan fingerprint density at radius 2 is 1.79 bits per heavy atom. The number of methoxy groups -OCH3 is 2. The molecular weight excluding hydrogens is 569 g/mol. The molecule has 0 spiro atoms. The Morgan fingerprint density at radius 1 is 1.07 bits per heavy atom. The summed E-state index contributed by atoms with van der Waals surface area (Å²) in [7, 11) is 2.71. The van der Waals surface area contributed by atoms with E-state index in [2.05, 4.69) is 15.3 Å². The lowest BCUT2D eigenvalue weighted by molar-refractivity contribution is -0.385. The Labute approximate surface area is 234 Å². The third-order valence-corrected chi connectivity index (χ3v) is 5.75. The third kappa shape index (κ3) is 6.65. The minimum atomic E-state index is -4.79. The highest BCUT2D eigenvalue weighted by Crippen LogP contribution is 2.36. The van der Waals surface area contributed by atoms with E-state index in [-0.39, 0.29) is 57.5 Å². The van der Waals surface area contributed by atoms with Crippen molar-refractivity contribution in [3.05, 3.63) is 85.6 Å². The molecule has 4 aromatic rings. The summed E-state index contributed by atoms with van der Waals surface area (Å²) < 4.78 is 65.9. The number of hydrogen-bond donors (Lipinski definition) is 1. The van der Waals surface area contributed by atoms with Crippen LogP contribution in [-0.2, 0) is 24.1 Å². The number of aryl methyl sites for hydroxylation is 1. The summed E-state index contributed by atoms with van der Waals surface area (Å²) in [4.78, 5) is 43.2. The Kier molecular flexibility index (Phi) is 8.44. The zero-order valence-electron chi connectivity index (χ0n) is 22.1. The molecule has 16 heteroatoms. The van der Waals surface area contributed by atoms with E-state index in [4.69, 9.17) is 23.4 Å². The van der Waals surface area contributed by atoms with Crippen LogP contribution in [0.4, 0.5) is 29.3 Å². The Hall–Kier alpha value is -5.41. The van der Waals surface area contributed by atoms with Crippen LogP contribution < -0.4 is 25.2 Å². The van der Waals surface area contributed by atoms with Crippen molar-refractivity contribution in [3.63, 3.8) is 0 Å². The number of fused-ring (bicyclic) bond motifs is 1. The topological polar surface area (TPSA) is 165 Å². The van der Waals surface area contributed by atoms with Gasteiger partial charge in [-0.3, -0.25) is 15.4 Å². The Balaban J connectivity index is 1.48. The van der Waals surface area contributed by atoms with E-state index in [9.17, 15) is 32.9 Å². The smallest absolute Gasteiger partial charge is 0.417 e. The first-order valence-corrected chi connectivity index (χ1v) is 11.8. The number of alkyl halides is 3. The minimum absolute atomic E-state index is 0.00707. The van der Waals surface area contributed by atoms with E-state index in [1.165, 1.54) is 38.6 Å². The molecule has 1 amide bonds. The first kappa shape index (κ1) is 29.6. The number of aromatic nitrogens is 2. The predicted molar refractivity (Wildman–Crippen MR) is 139 cm³/mol. The maximum absolute atomic E-state index is 13.3. The molecule has 0 saturated heterocycles. The van der Waals surface area contributed by atoms with E-state index in [1.54, 1.807) is 6.92 Å². The van der Waals surface area contributed by atoms with Crippen LogP contribution in [0.1, 0.15) is 22.5 Å². The van der Waals surface area contributed by atoms with Crippen molar-refractivity contribution < 1.29 is 46.3 Å².